The molecule has 15 heteroatoms. The first kappa shape index (κ1) is 32.8. The van der Waals surface area contributed by atoms with Gasteiger partial charge < -0.3 is 49.6 Å². The number of fused-ring (bicyclic) bond motifs is 3. The molecule has 252 valence electrons. The number of rotatable bonds is 8. The van der Waals surface area contributed by atoms with Crippen molar-refractivity contribution in [2.75, 3.05) is 47.1 Å². The van der Waals surface area contributed by atoms with Gasteiger partial charge in [0.15, 0.2) is 12.1 Å². The lowest BCUT2D eigenvalue weighted by atomic mass is 9.72. The van der Waals surface area contributed by atoms with Crippen LogP contribution >= 0.6 is 0 Å². The molecule has 6 rings (SSSR count). The van der Waals surface area contributed by atoms with Crippen LogP contribution in [0.2, 0.25) is 0 Å². The summed E-state index contributed by atoms with van der Waals surface area (Å²) in [5.41, 5.74) is -3.47. The van der Waals surface area contributed by atoms with Crippen LogP contribution in [0.4, 0.5) is 0 Å². The van der Waals surface area contributed by atoms with E-state index in [1.807, 2.05) is 0 Å². The van der Waals surface area contributed by atoms with Crippen LogP contribution in [0, 0.1) is 0 Å². The number of carbonyl (C=O) groups excluding carboxylic acids is 4. The summed E-state index contributed by atoms with van der Waals surface area (Å²) in [6, 6.07) is 4.42. The second kappa shape index (κ2) is 13.2. The Balaban J connectivity index is 1.35. The van der Waals surface area contributed by atoms with Crippen molar-refractivity contribution in [2.24, 2.45) is 0 Å². The van der Waals surface area contributed by atoms with E-state index in [1.54, 1.807) is 0 Å². The van der Waals surface area contributed by atoms with E-state index in [0.717, 1.165) is 0 Å². The highest BCUT2D eigenvalue weighted by atomic mass is 16.7. The SMILES string of the molecule is CNC(=O)CNC(=O)[C@]1(O)Cc2c(O)c3c(c(O)c2[C@@H](OC2CC[C@H](OC4COCCN4)CO2)C1)C(=O)c1c(OC)cccc1C3=O. The fourth-order valence-corrected chi connectivity index (χ4v) is 6.58. The maximum absolute atomic E-state index is 13.9. The van der Waals surface area contributed by atoms with Gasteiger partial charge in [-0.3, -0.25) is 24.5 Å². The van der Waals surface area contributed by atoms with Crippen molar-refractivity contribution in [1.29, 1.82) is 0 Å². The topological polar surface area (TPSA) is 211 Å². The number of methoxy groups -OCH3 is 1. The number of hydrogen-bond acceptors (Lipinski definition) is 13. The van der Waals surface area contributed by atoms with E-state index in [4.69, 9.17) is 23.7 Å². The average Bonchev–Trinajstić information content (AvgIpc) is 3.08. The fraction of sp³-hybridized carbons (Fsp3) is 0.500. The summed E-state index contributed by atoms with van der Waals surface area (Å²) in [7, 11) is 2.73. The number of ketones is 2. The van der Waals surface area contributed by atoms with E-state index < -0.39 is 83.4 Å². The van der Waals surface area contributed by atoms with Gasteiger partial charge in [0.2, 0.25) is 11.7 Å². The Morgan fingerprint density at radius 3 is 2.53 bits per heavy atom. The number of hydrogen-bond donors (Lipinski definition) is 6. The molecule has 2 aliphatic heterocycles. The van der Waals surface area contributed by atoms with E-state index in [-0.39, 0.29) is 46.9 Å². The van der Waals surface area contributed by atoms with Gasteiger partial charge in [-0.1, -0.05) is 12.1 Å². The minimum Gasteiger partial charge on any atom is -0.507 e. The number of nitrogens with one attached hydrogen (secondary N) is 3. The molecule has 2 aromatic carbocycles. The van der Waals surface area contributed by atoms with Crippen LogP contribution in [-0.2, 0) is 35.0 Å². The second-order valence-electron chi connectivity index (χ2n) is 11.9. The van der Waals surface area contributed by atoms with Gasteiger partial charge in [0.25, 0.3) is 5.91 Å². The van der Waals surface area contributed by atoms with Gasteiger partial charge in [-0.2, -0.15) is 0 Å². The fourth-order valence-electron chi connectivity index (χ4n) is 6.58. The maximum atomic E-state index is 13.9. The smallest absolute Gasteiger partial charge is 0.252 e. The van der Waals surface area contributed by atoms with Crippen molar-refractivity contribution in [3.8, 4) is 17.2 Å². The van der Waals surface area contributed by atoms with Crippen molar-refractivity contribution in [3.63, 3.8) is 0 Å². The minimum absolute atomic E-state index is 0.0407. The summed E-state index contributed by atoms with van der Waals surface area (Å²) in [4.78, 5) is 52.7. The standard InChI is InChI=1S/C32H37N3O12/c1-33-20(36)12-35-31(41)32(42)10-17-24(19(11-32)47-22-7-6-15(13-45-22)46-21-14-44-9-8-34-21)30(40)26-25(28(17)38)27(37)16-4-3-5-18(43-2)23(16)29(26)39/h3-5,15,19,21-22,34,38,40,42H,6-14H2,1-2H3,(H,33,36)(H,35,41)/t15-,19-,21?,22?,32-/m0/s1. The predicted molar refractivity (Wildman–Crippen MR) is 160 cm³/mol. The van der Waals surface area contributed by atoms with Crippen LogP contribution in [0.15, 0.2) is 18.2 Å². The third-order valence-corrected chi connectivity index (χ3v) is 8.94. The Hall–Kier alpha value is -4.12. The van der Waals surface area contributed by atoms with Crippen molar-refractivity contribution >= 4 is 23.4 Å². The summed E-state index contributed by atoms with van der Waals surface area (Å²) < 4.78 is 29.0. The summed E-state index contributed by atoms with van der Waals surface area (Å²) in [6.07, 6.45) is -2.83. The van der Waals surface area contributed by atoms with Gasteiger partial charge in [-0.05, 0) is 12.5 Å². The first-order valence-corrected chi connectivity index (χ1v) is 15.4. The molecule has 5 atom stereocenters. The van der Waals surface area contributed by atoms with Gasteiger partial charge in [0, 0.05) is 49.5 Å². The minimum atomic E-state index is -2.25. The summed E-state index contributed by atoms with van der Waals surface area (Å²) in [5.74, 6) is -4.14. The number of aliphatic hydroxyl groups is 1. The molecule has 2 heterocycles. The van der Waals surface area contributed by atoms with Gasteiger partial charge in [-0.25, -0.2) is 0 Å². The van der Waals surface area contributed by atoms with Crippen LogP contribution in [-0.4, -0.2) is 110 Å². The lowest BCUT2D eigenvalue weighted by molar-refractivity contribution is -0.233. The molecule has 4 aliphatic rings. The van der Waals surface area contributed by atoms with Gasteiger partial charge >= 0.3 is 0 Å². The number of phenolic OH excluding ortho intramolecular Hbond substituents is 2. The Labute approximate surface area is 269 Å². The van der Waals surface area contributed by atoms with Gasteiger partial charge in [0.05, 0.1) is 62.4 Å². The number of carbonyl (C=O) groups is 4. The number of likely N-dealkylation sites (N-methyl/N-ethyl adjacent to an activating group) is 1. The van der Waals surface area contributed by atoms with Crippen LogP contribution in [0.1, 0.15) is 68.3 Å². The Morgan fingerprint density at radius 2 is 1.85 bits per heavy atom. The normalized spacial score (nSPS) is 26.9. The van der Waals surface area contributed by atoms with Crippen molar-refractivity contribution in [2.45, 2.75) is 56.0 Å². The Kier molecular flexibility index (Phi) is 9.20. The second-order valence-corrected chi connectivity index (χ2v) is 11.9. The molecule has 0 aromatic heterocycles. The van der Waals surface area contributed by atoms with Crippen LogP contribution in [0.3, 0.4) is 0 Å². The number of aromatic hydroxyl groups is 2. The molecule has 0 bridgehead atoms. The monoisotopic (exact) mass is 655 g/mol. The largest absolute Gasteiger partial charge is 0.507 e. The summed E-state index contributed by atoms with van der Waals surface area (Å²) >= 11 is 0. The Morgan fingerprint density at radius 1 is 1.06 bits per heavy atom. The average molecular weight is 656 g/mol. The maximum Gasteiger partial charge on any atom is 0.252 e. The van der Waals surface area contributed by atoms with Gasteiger partial charge in [0.1, 0.15) is 29.1 Å². The van der Waals surface area contributed by atoms with Crippen molar-refractivity contribution < 1.29 is 58.2 Å². The molecule has 2 unspecified atom stereocenters. The van der Waals surface area contributed by atoms with E-state index in [1.165, 1.54) is 32.4 Å². The van der Waals surface area contributed by atoms with Crippen LogP contribution in [0.5, 0.6) is 17.2 Å². The number of amides is 2. The Bertz CT molecular complexity index is 1600. The van der Waals surface area contributed by atoms with E-state index in [9.17, 15) is 34.5 Å². The molecule has 0 saturated carbocycles. The lowest BCUT2D eigenvalue weighted by Crippen LogP contribution is -2.53. The third-order valence-electron chi connectivity index (χ3n) is 8.94. The number of benzene rings is 2. The highest BCUT2D eigenvalue weighted by Gasteiger charge is 2.50. The quantitative estimate of drug-likeness (QED) is 0.176. The molecule has 2 saturated heterocycles. The van der Waals surface area contributed by atoms with Gasteiger partial charge in [-0.15, -0.1) is 0 Å². The molecule has 0 radical (unpaired) electrons. The number of ether oxygens (including phenoxy) is 5. The third kappa shape index (κ3) is 6.06. The molecule has 2 aromatic rings. The zero-order valence-corrected chi connectivity index (χ0v) is 25.9. The zero-order chi connectivity index (χ0) is 33.5. The summed E-state index contributed by atoms with van der Waals surface area (Å²) in [6.45, 7) is 1.39. The number of morpholine rings is 1. The first-order valence-electron chi connectivity index (χ1n) is 15.4. The van der Waals surface area contributed by atoms with Crippen molar-refractivity contribution in [1.82, 2.24) is 16.0 Å². The van der Waals surface area contributed by atoms with E-state index >= 15 is 0 Å². The highest BCUT2D eigenvalue weighted by Crippen LogP contribution is 2.52. The van der Waals surface area contributed by atoms with Crippen LogP contribution < -0.4 is 20.7 Å². The molecule has 2 amide bonds. The molecular formula is C32H37N3O12. The van der Waals surface area contributed by atoms with Crippen molar-refractivity contribution in [3.05, 3.63) is 51.6 Å². The molecule has 6 N–H and O–H groups in total. The zero-order valence-electron chi connectivity index (χ0n) is 25.9. The molecule has 2 fully saturated rings. The number of phenols is 2. The molecular weight excluding hydrogens is 618 g/mol. The molecule has 0 spiro atoms. The predicted octanol–water partition coefficient (Wildman–Crippen LogP) is -0.0534. The molecule has 15 nitrogen and oxygen atoms in total. The highest BCUT2D eigenvalue weighted by molar-refractivity contribution is 6.31. The molecule has 47 heavy (non-hydrogen) atoms. The lowest BCUT2D eigenvalue weighted by Gasteiger charge is -2.41. The van der Waals surface area contributed by atoms with Crippen LogP contribution in [0.25, 0.3) is 0 Å². The van der Waals surface area contributed by atoms with E-state index in [0.29, 0.717) is 32.6 Å². The summed E-state index contributed by atoms with van der Waals surface area (Å²) in [5, 5.41) is 43.0. The first-order chi connectivity index (χ1) is 22.6. The molecule has 2 aliphatic carbocycles. The van der Waals surface area contributed by atoms with E-state index in [2.05, 4.69) is 16.0 Å².